The molecule has 5 rings (SSSR count). The van der Waals surface area contributed by atoms with Crippen LogP contribution in [-0.2, 0) is 17.6 Å². The number of thioether (sulfide) groups is 1. The van der Waals surface area contributed by atoms with Crippen molar-refractivity contribution in [3.63, 3.8) is 0 Å². The van der Waals surface area contributed by atoms with E-state index in [9.17, 15) is 9.59 Å². The van der Waals surface area contributed by atoms with E-state index in [1.807, 2.05) is 24.3 Å². The number of aryl methyl sites for hydroxylation is 2. The Balaban J connectivity index is 1.48. The Hall–Kier alpha value is -2.82. The number of aromatic nitrogens is 2. The van der Waals surface area contributed by atoms with Crippen LogP contribution in [0.5, 0.6) is 11.5 Å². The van der Waals surface area contributed by atoms with Gasteiger partial charge in [-0.25, -0.2) is 4.98 Å². The Morgan fingerprint density at radius 2 is 1.92 bits per heavy atom. The van der Waals surface area contributed by atoms with Crippen LogP contribution in [0.25, 0.3) is 15.9 Å². The summed E-state index contributed by atoms with van der Waals surface area (Å²) in [5, 5.41) is 4.09. The fraction of sp³-hybridized carbons (Fsp3) is 0.269. The van der Waals surface area contributed by atoms with Crippen molar-refractivity contribution in [1.82, 2.24) is 9.55 Å². The first-order valence-corrected chi connectivity index (χ1v) is 14.1. The van der Waals surface area contributed by atoms with Gasteiger partial charge in [-0.2, -0.15) is 0 Å². The standard InChI is InChI=1S/C26H24BrN3O4S2/c1-33-17-11-12-19(20(13-17)34-2)28-22(31)14-35-26-29-24-23(18-5-3-4-6-21(18)36-24)25(32)30(26)16-9-7-15(27)8-10-16/h7-13H,3-6,14H2,1-2H3,(H,28,31). The van der Waals surface area contributed by atoms with E-state index in [4.69, 9.17) is 14.5 Å². The zero-order valence-electron chi connectivity index (χ0n) is 19.8. The maximum Gasteiger partial charge on any atom is 0.267 e. The summed E-state index contributed by atoms with van der Waals surface area (Å²) in [4.78, 5) is 33.6. The molecule has 4 aromatic rings. The van der Waals surface area contributed by atoms with Gasteiger partial charge in [-0.15, -0.1) is 11.3 Å². The summed E-state index contributed by atoms with van der Waals surface area (Å²) in [5.74, 6) is 0.983. The molecule has 1 amide bonds. The van der Waals surface area contributed by atoms with E-state index >= 15 is 0 Å². The van der Waals surface area contributed by atoms with E-state index in [0.29, 0.717) is 28.0 Å². The number of fused-ring (bicyclic) bond motifs is 3. The molecule has 0 saturated carbocycles. The van der Waals surface area contributed by atoms with Crippen LogP contribution >= 0.6 is 39.0 Å². The molecular weight excluding hydrogens is 562 g/mol. The van der Waals surface area contributed by atoms with Gasteiger partial charge in [-0.05, 0) is 67.6 Å². The van der Waals surface area contributed by atoms with Crippen molar-refractivity contribution in [2.75, 3.05) is 25.3 Å². The molecule has 0 radical (unpaired) electrons. The molecule has 10 heteroatoms. The fourth-order valence-electron chi connectivity index (χ4n) is 4.32. The predicted molar refractivity (Wildman–Crippen MR) is 148 cm³/mol. The highest BCUT2D eigenvalue weighted by Crippen LogP contribution is 2.35. The van der Waals surface area contributed by atoms with Gasteiger partial charge in [-0.1, -0.05) is 27.7 Å². The number of hydrogen-bond acceptors (Lipinski definition) is 7. The number of nitrogens with zero attached hydrogens (tertiary/aromatic N) is 2. The predicted octanol–water partition coefficient (Wildman–Crippen LogP) is 5.84. The Morgan fingerprint density at radius 3 is 2.67 bits per heavy atom. The zero-order chi connectivity index (χ0) is 25.2. The van der Waals surface area contributed by atoms with Crippen molar-refractivity contribution in [3.05, 3.63) is 67.7 Å². The first kappa shape index (κ1) is 24.9. The molecule has 2 heterocycles. The van der Waals surface area contributed by atoms with Crippen molar-refractivity contribution in [2.45, 2.75) is 30.8 Å². The zero-order valence-corrected chi connectivity index (χ0v) is 23.0. The van der Waals surface area contributed by atoms with Crippen molar-refractivity contribution < 1.29 is 14.3 Å². The highest BCUT2D eigenvalue weighted by molar-refractivity contribution is 9.10. The molecule has 1 N–H and O–H groups in total. The quantitative estimate of drug-likeness (QED) is 0.217. The van der Waals surface area contributed by atoms with Gasteiger partial charge in [-0.3, -0.25) is 14.2 Å². The second kappa shape index (κ2) is 10.7. The number of benzene rings is 2. The topological polar surface area (TPSA) is 82.5 Å². The molecule has 0 atom stereocenters. The maximum atomic E-state index is 13.8. The first-order chi connectivity index (χ1) is 17.5. The van der Waals surface area contributed by atoms with Gasteiger partial charge in [0.1, 0.15) is 16.3 Å². The molecule has 0 unspecified atom stereocenters. The van der Waals surface area contributed by atoms with Crippen LogP contribution in [0.4, 0.5) is 5.69 Å². The number of carbonyl (C=O) groups is 1. The SMILES string of the molecule is COc1ccc(NC(=O)CSc2nc3sc4c(c3c(=O)n2-c2ccc(Br)cc2)CCCC4)c(OC)c1. The average Bonchev–Trinajstić information content (AvgIpc) is 3.27. The summed E-state index contributed by atoms with van der Waals surface area (Å²) in [7, 11) is 3.11. The van der Waals surface area contributed by atoms with Crippen LogP contribution in [0.3, 0.4) is 0 Å². The van der Waals surface area contributed by atoms with Gasteiger partial charge in [0.05, 0.1) is 36.7 Å². The average molecular weight is 587 g/mol. The third kappa shape index (κ3) is 4.89. The lowest BCUT2D eigenvalue weighted by molar-refractivity contribution is -0.113. The molecule has 0 fully saturated rings. The van der Waals surface area contributed by atoms with Crippen LogP contribution in [0.15, 0.2) is 56.9 Å². The van der Waals surface area contributed by atoms with Gasteiger partial charge in [0, 0.05) is 15.4 Å². The second-order valence-corrected chi connectivity index (χ2v) is 11.2. The Bertz CT molecular complexity index is 1500. The summed E-state index contributed by atoms with van der Waals surface area (Å²) < 4.78 is 13.1. The Labute approximate surface area is 225 Å². The summed E-state index contributed by atoms with van der Waals surface area (Å²) >= 11 is 6.31. The lowest BCUT2D eigenvalue weighted by atomic mass is 9.97. The maximum absolute atomic E-state index is 13.8. The summed E-state index contributed by atoms with van der Waals surface area (Å²) in [6, 6.07) is 12.7. The number of amides is 1. The van der Waals surface area contributed by atoms with Crippen molar-refractivity contribution >= 4 is 60.8 Å². The van der Waals surface area contributed by atoms with Gasteiger partial charge < -0.3 is 14.8 Å². The van der Waals surface area contributed by atoms with Gasteiger partial charge in [0.25, 0.3) is 5.56 Å². The molecular formula is C26H24BrN3O4S2. The van der Waals surface area contributed by atoms with E-state index in [2.05, 4.69) is 21.2 Å². The third-order valence-corrected chi connectivity index (χ3v) is 8.71. The molecule has 0 aliphatic heterocycles. The number of halogens is 1. The minimum absolute atomic E-state index is 0.0781. The molecule has 1 aliphatic carbocycles. The van der Waals surface area contributed by atoms with E-state index in [-0.39, 0.29) is 17.2 Å². The van der Waals surface area contributed by atoms with Crippen LogP contribution in [0, 0.1) is 0 Å². The molecule has 1 aliphatic rings. The minimum Gasteiger partial charge on any atom is -0.497 e. The molecule has 0 saturated heterocycles. The van der Waals surface area contributed by atoms with E-state index in [1.54, 1.807) is 41.2 Å². The van der Waals surface area contributed by atoms with Gasteiger partial charge in [0.15, 0.2) is 5.16 Å². The van der Waals surface area contributed by atoms with Crippen LogP contribution in [0.1, 0.15) is 23.3 Å². The van der Waals surface area contributed by atoms with E-state index in [1.165, 1.54) is 23.7 Å². The highest BCUT2D eigenvalue weighted by Gasteiger charge is 2.23. The summed E-state index contributed by atoms with van der Waals surface area (Å²) in [5.41, 5.74) is 2.32. The number of rotatable bonds is 7. The van der Waals surface area contributed by atoms with Crippen LogP contribution in [0.2, 0.25) is 0 Å². The highest BCUT2D eigenvalue weighted by atomic mass is 79.9. The molecule has 36 heavy (non-hydrogen) atoms. The monoisotopic (exact) mass is 585 g/mol. The molecule has 2 aromatic carbocycles. The lowest BCUT2D eigenvalue weighted by Crippen LogP contribution is -2.23. The fourth-order valence-corrected chi connectivity index (χ4v) is 6.70. The Morgan fingerprint density at radius 1 is 1.14 bits per heavy atom. The number of anilines is 1. The largest absolute Gasteiger partial charge is 0.497 e. The molecule has 0 bridgehead atoms. The normalized spacial score (nSPS) is 12.9. The first-order valence-electron chi connectivity index (χ1n) is 11.5. The molecule has 2 aromatic heterocycles. The van der Waals surface area contributed by atoms with E-state index < -0.39 is 0 Å². The van der Waals surface area contributed by atoms with E-state index in [0.717, 1.165) is 45.9 Å². The number of thiophene rings is 1. The number of hydrogen-bond donors (Lipinski definition) is 1. The number of nitrogens with one attached hydrogen (secondary N) is 1. The number of methoxy groups -OCH3 is 2. The summed E-state index contributed by atoms with van der Waals surface area (Å²) in [6.07, 6.45) is 4.12. The Kier molecular flexibility index (Phi) is 7.36. The minimum atomic E-state index is -0.231. The molecule has 7 nitrogen and oxygen atoms in total. The smallest absolute Gasteiger partial charge is 0.267 e. The lowest BCUT2D eigenvalue weighted by Gasteiger charge is -2.14. The van der Waals surface area contributed by atoms with Gasteiger partial charge in [0.2, 0.25) is 5.91 Å². The van der Waals surface area contributed by atoms with Crippen molar-refractivity contribution in [3.8, 4) is 17.2 Å². The molecule has 0 spiro atoms. The molecule has 186 valence electrons. The van der Waals surface area contributed by atoms with Gasteiger partial charge >= 0.3 is 0 Å². The number of carbonyl (C=O) groups excluding carboxylic acids is 1. The number of ether oxygens (including phenoxy) is 2. The van der Waals surface area contributed by atoms with Crippen molar-refractivity contribution in [2.24, 2.45) is 0 Å². The van der Waals surface area contributed by atoms with Crippen LogP contribution < -0.4 is 20.3 Å². The second-order valence-electron chi connectivity index (χ2n) is 8.31. The van der Waals surface area contributed by atoms with Crippen LogP contribution in [-0.4, -0.2) is 35.4 Å². The third-order valence-electron chi connectivity index (χ3n) is 6.06. The van der Waals surface area contributed by atoms with Crippen molar-refractivity contribution in [1.29, 1.82) is 0 Å². The summed E-state index contributed by atoms with van der Waals surface area (Å²) in [6.45, 7) is 0.